The minimum absolute atomic E-state index is 0.182. The number of aliphatic hydroxyl groups excluding tert-OH is 1. The van der Waals surface area contributed by atoms with E-state index in [1.165, 1.54) is 11.1 Å². The van der Waals surface area contributed by atoms with Gasteiger partial charge in [-0.3, -0.25) is 0 Å². The zero-order chi connectivity index (χ0) is 13.9. The van der Waals surface area contributed by atoms with Crippen LogP contribution >= 0.6 is 0 Å². The molecule has 1 unspecified atom stereocenters. The van der Waals surface area contributed by atoms with Gasteiger partial charge in [0, 0.05) is 5.54 Å². The summed E-state index contributed by atoms with van der Waals surface area (Å²) in [5, 5.41) is 10.9. The first kappa shape index (κ1) is 15.2. The van der Waals surface area contributed by atoms with E-state index in [-0.39, 0.29) is 5.54 Å². The number of likely N-dealkylation sites (N-methyl/N-ethyl adjacent to an activating group) is 1. The fourth-order valence-electron chi connectivity index (χ4n) is 2.87. The van der Waals surface area contributed by atoms with E-state index in [9.17, 15) is 5.11 Å². The largest absolute Gasteiger partial charge is 0.386 e. The third kappa shape index (κ3) is 2.45. The second-order valence-corrected chi connectivity index (χ2v) is 5.40. The molecule has 0 fully saturated rings. The predicted molar refractivity (Wildman–Crippen MR) is 77.9 cm³/mol. The van der Waals surface area contributed by atoms with Crippen molar-refractivity contribution in [1.29, 1.82) is 0 Å². The van der Waals surface area contributed by atoms with E-state index >= 15 is 0 Å². The standard InChI is InChI=1S/C16H27NO/c1-7-16(8-2,17(5)6)15(18)14-11-9-10-12(3)13(14)4/h9-11,15,18H,7-8H2,1-6H3. The number of aliphatic hydroxyl groups is 1. The molecular formula is C16H27NO. The van der Waals surface area contributed by atoms with Crippen molar-refractivity contribution >= 4 is 0 Å². The van der Waals surface area contributed by atoms with Gasteiger partial charge in [0.1, 0.15) is 0 Å². The van der Waals surface area contributed by atoms with Crippen LogP contribution in [0, 0.1) is 13.8 Å². The van der Waals surface area contributed by atoms with Crippen LogP contribution in [-0.4, -0.2) is 29.6 Å². The molecule has 1 aromatic carbocycles. The fourth-order valence-corrected chi connectivity index (χ4v) is 2.87. The molecule has 1 aromatic rings. The lowest BCUT2D eigenvalue weighted by Crippen LogP contribution is -2.48. The smallest absolute Gasteiger partial charge is 0.0975 e. The highest BCUT2D eigenvalue weighted by Gasteiger charge is 2.38. The van der Waals surface area contributed by atoms with Crippen molar-refractivity contribution in [3.63, 3.8) is 0 Å². The molecule has 0 bridgehead atoms. The Morgan fingerprint density at radius 3 is 2.17 bits per heavy atom. The molecule has 0 saturated heterocycles. The van der Waals surface area contributed by atoms with Crippen molar-refractivity contribution < 1.29 is 5.11 Å². The SMILES string of the molecule is CCC(CC)(C(O)c1cccc(C)c1C)N(C)C. The highest BCUT2D eigenvalue weighted by Crippen LogP contribution is 2.37. The Balaban J connectivity index is 3.26. The first-order valence-electron chi connectivity index (χ1n) is 6.82. The molecule has 1 N–H and O–H groups in total. The van der Waals surface area contributed by atoms with Gasteiger partial charge < -0.3 is 10.0 Å². The summed E-state index contributed by atoms with van der Waals surface area (Å²) in [4.78, 5) is 2.17. The van der Waals surface area contributed by atoms with E-state index in [2.05, 4.69) is 58.8 Å². The molecule has 0 amide bonds. The Bertz CT molecular complexity index is 394. The minimum atomic E-state index is -0.442. The summed E-state index contributed by atoms with van der Waals surface area (Å²) in [6, 6.07) is 6.18. The van der Waals surface area contributed by atoms with Crippen molar-refractivity contribution in [2.45, 2.75) is 52.2 Å². The monoisotopic (exact) mass is 249 g/mol. The van der Waals surface area contributed by atoms with E-state index in [4.69, 9.17) is 0 Å². The van der Waals surface area contributed by atoms with Gasteiger partial charge in [-0.15, -0.1) is 0 Å². The van der Waals surface area contributed by atoms with Crippen LogP contribution in [0.2, 0.25) is 0 Å². The van der Waals surface area contributed by atoms with E-state index in [1.54, 1.807) is 0 Å². The van der Waals surface area contributed by atoms with Crippen molar-refractivity contribution in [3.05, 3.63) is 34.9 Å². The summed E-state index contributed by atoms with van der Waals surface area (Å²) in [5.74, 6) is 0. The van der Waals surface area contributed by atoms with Crippen molar-refractivity contribution in [3.8, 4) is 0 Å². The minimum Gasteiger partial charge on any atom is -0.386 e. The Kier molecular flexibility index (Phi) is 4.94. The molecular weight excluding hydrogens is 222 g/mol. The lowest BCUT2D eigenvalue weighted by atomic mass is 9.80. The number of hydrogen-bond donors (Lipinski definition) is 1. The quantitative estimate of drug-likeness (QED) is 0.864. The normalized spacial score (nSPS) is 14.0. The van der Waals surface area contributed by atoms with Gasteiger partial charge in [-0.2, -0.15) is 0 Å². The van der Waals surface area contributed by atoms with E-state index in [0.717, 1.165) is 18.4 Å². The van der Waals surface area contributed by atoms with Crippen LogP contribution < -0.4 is 0 Å². The van der Waals surface area contributed by atoms with Crippen LogP contribution in [0.4, 0.5) is 0 Å². The average Bonchev–Trinajstić information content (AvgIpc) is 2.34. The topological polar surface area (TPSA) is 23.5 Å². The number of hydrogen-bond acceptors (Lipinski definition) is 2. The van der Waals surface area contributed by atoms with Crippen molar-refractivity contribution in [2.24, 2.45) is 0 Å². The van der Waals surface area contributed by atoms with Crippen LogP contribution in [0.3, 0.4) is 0 Å². The molecule has 18 heavy (non-hydrogen) atoms. The molecule has 0 spiro atoms. The first-order valence-corrected chi connectivity index (χ1v) is 6.82. The van der Waals surface area contributed by atoms with Gasteiger partial charge in [-0.25, -0.2) is 0 Å². The van der Waals surface area contributed by atoms with Crippen LogP contribution in [0.15, 0.2) is 18.2 Å². The highest BCUT2D eigenvalue weighted by molar-refractivity contribution is 5.36. The van der Waals surface area contributed by atoms with Gasteiger partial charge in [0.25, 0.3) is 0 Å². The number of nitrogens with zero attached hydrogens (tertiary/aromatic N) is 1. The molecule has 0 radical (unpaired) electrons. The Labute approximate surface area is 112 Å². The number of rotatable bonds is 5. The lowest BCUT2D eigenvalue weighted by molar-refractivity contribution is -0.0153. The summed E-state index contributed by atoms with van der Waals surface area (Å²) < 4.78 is 0. The van der Waals surface area contributed by atoms with Crippen molar-refractivity contribution in [2.75, 3.05) is 14.1 Å². The predicted octanol–water partition coefficient (Wildman–Crippen LogP) is 3.46. The molecule has 0 heterocycles. The van der Waals surface area contributed by atoms with Gasteiger partial charge in [-0.05, 0) is 57.5 Å². The molecule has 1 atom stereocenters. The Morgan fingerprint density at radius 1 is 1.17 bits per heavy atom. The number of aryl methyl sites for hydroxylation is 1. The molecule has 0 aliphatic heterocycles. The van der Waals surface area contributed by atoms with Gasteiger partial charge in [-0.1, -0.05) is 32.0 Å². The lowest BCUT2D eigenvalue weighted by Gasteiger charge is -2.43. The maximum Gasteiger partial charge on any atom is 0.0975 e. The summed E-state index contributed by atoms with van der Waals surface area (Å²) in [5.41, 5.74) is 3.33. The molecule has 102 valence electrons. The summed E-state index contributed by atoms with van der Waals surface area (Å²) in [7, 11) is 4.11. The van der Waals surface area contributed by atoms with Gasteiger partial charge in [0.05, 0.1) is 6.10 Å². The number of benzene rings is 1. The van der Waals surface area contributed by atoms with E-state index < -0.39 is 6.10 Å². The molecule has 0 aliphatic rings. The van der Waals surface area contributed by atoms with Gasteiger partial charge in [0.2, 0.25) is 0 Å². The maximum absolute atomic E-state index is 10.9. The van der Waals surface area contributed by atoms with Crippen molar-refractivity contribution in [1.82, 2.24) is 4.90 Å². The van der Waals surface area contributed by atoms with Gasteiger partial charge in [0.15, 0.2) is 0 Å². The molecule has 2 heteroatoms. The molecule has 0 aromatic heterocycles. The Morgan fingerprint density at radius 2 is 1.72 bits per heavy atom. The summed E-state index contributed by atoms with van der Waals surface area (Å²) in [6.07, 6.45) is 1.43. The third-order valence-corrected chi connectivity index (χ3v) is 4.57. The van der Waals surface area contributed by atoms with Crippen LogP contribution in [-0.2, 0) is 0 Å². The highest BCUT2D eigenvalue weighted by atomic mass is 16.3. The summed E-state index contributed by atoms with van der Waals surface area (Å²) >= 11 is 0. The zero-order valence-electron chi connectivity index (χ0n) is 12.6. The zero-order valence-corrected chi connectivity index (χ0v) is 12.6. The molecule has 2 nitrogen and oxygen atoms in total. The second kappa shape index (κ2) is 5.85. The van der Waals surface area contributed by atoms with Crippen LogP contribution in [0.5, 0.6) is 0 Å². The van der Waals surface area contributed by atoms with Crippen LogP contribution in [0.1, 0.15) is 49.5 Å². The third-order valence-electron chi connectivity index (χ3n) is 4.57. The molecule has 1 rings (SSSR count). The first-order chi connectivity index (χ1) is 8.40. The fraction of sp³-hybridized carbons (Fsp3) is 0.625. The van der Waals surface area contributed by atoms with Crippen LogP contribution in [0.25, 0.3) is 0 Å². The van der Waals surface area contributed by atoms with E-state index in [0.29, 0.717) is 0 Å². The van der Waals surface area contributed by atoms with E-state index in [1.807, 2.05) is 6.07 Å². The average molecular weight is 249 g/mol. The molecule has 0 saturated carbocycles. The van der Waals surface area contributed by atoms with Gasteiger partial charge >= 0.3 is 0 Å². The maximum atomic E-state index is 10.9. The molecule has 0 aliphatic carbocycles. The Hall–Kier alpha value is -0.860. The summed E-state index contributed by atoms with van der Waals surface area (Å²) in [6.45, 7) is 8.50. The second-order valence-electron chi connectivity index (χ2n) is 5.40.